The second kappa shape index (κ2) is 6.36. The molecule has 6 heteroatoms. The van der Waals surface area contributed by atoms with Gasteiger partial charge >= 0.3 is 0 Å². The van der Waals surface area contributed by atoms with Crippen molar-refractivity contribution in [2.24, 2.45) is 5.92 Å². The summed E-state index contributed by atoms with van der Waals surface area (Å²) >= 11 is 5.87. The van der Waals surface area contributed by atoms with Crippen molar-refractivity contribution >= 4 is 27.3 Å². The van der Waals surface area contributed by atoms with Gasteiger partial charge in [-0.15, -0.1) is 0 Å². The summed E-state index contributed by atoms with van der Waals surface area (Å²) in [6, 6.07) is 7.07. The Morgan fingerprint density at radius 3 is 2.43 bits per heavy atom. The average Bonchev–Trinajstić information content (AvgIpc) is 2.77. The Kier molecular flexibility index (Phi) is 4.94. The number of hydrogen-bond acceptors (Lipinski definition) is 3. The minimum atomic E-state index is -3.01. The summed E-state index contributed by atoms with van der Waals surface area (Å²) in [6.07, 6.45) is 0.522. The van der Waals surface area contributed by atoms with E-state index in [2.05, 4.69) is 0 Å². The minimum Gasteiger partial charge on any atom is -0.334 e. The van der Waals surface area contributed by atoms with E-state index in [0.717, 1.165) is 5.56 Å². The van der Waals surface area contributed by atoms with Gasteiger partial charge in [-0.2, -0.15) is 0 Å². The smallest absolute Gasteiger partial charge is 0.225 e. The SMILES string of the molecule is CC(C)C(=O)N(Cc1ccc(Cl)cc1)[C@H]1CCS(=O)(=O)C1. The highest BCUT2D eigenvalue weighted by Crippen LogP contribution is 2.22. The molecule has 1 aliphatic rings. The molecule has 21 heavy (non-hydrogen) atoms. The highest BCUT2D eigenvalue weighted by atomic mass is 35.5. The predicted molar refractivity (Wildman–Crippen MR) is 83.9 cm³/mol. The van der Waals surface area contributed by atoms with E-state index in [1.165, 1.54) is 0 Å². The van der Waals surface area contributed by atoms with E-state index in [9.17, 15) is 13.2 Å². The standard InChI is InChI=1S/C15H20ClNO3S/c1-11(2)15(18)17(14-7-8-21(19,20)10-14)9-12-3-5-13(16)6-4-12/h3-6,11,14H,7-10H2,1-2H3/t14-/m0/s1. The molecule has 0 spiro atoms. The summed E-state index contributed by atoms with van der Waals surface area (Å²) in [7, 11) is -3.01. The first-order valence-corrected chi connectivity index (χ1v) is 9.24. The Labute approximate surface area is 131 Å². The van der Waals surface area contributed by atoms with Crippen LogP contribution in [0.15, 0.2) is 24.3 Å². The molecule has 0 saturated carbocycles. The highest BCUT2D eigenvalue weighted by Gasteiger charge is 2.35. The van der Waals surface area contributed by atoms with Crippen molar-refractivity contribution in [2.75, 3.05) is 11.5 Å². The second-order valence-corrected chi connectivity index (χ2v) is 8.47. The number of amides is 1. The Morgan fingerprint density at radius 1 is 1.33 bits per heavy atom. The fourth-order valence-corrected chi connectivity index (χ4v) is 4.38. The molecule has 0 aliphatic carbocycles. The number of carbonyl (C=O) groups is 1. The van der Waals surface area contributed by atoms with Crippen molar-refractivity contribution in [3.8, 4) is 0 Å². The zero-order chi connectivity index (χ0) is 15.6. The molecule has 1 atom stereocenters. The number of rotatable bonds is 4. The molecule has 0 radical (unpaired) electrons. The molecule has 1 aromatic carbocycles. The number of hydrogen-bond donors (Lipinski definition) is 0. The third-order valence-corrected chi connectivity index (χ3v) is 5.69. The number of halogens is 1. The van der Waals surface area contributed by atoms with Gasteiger partial charge in [-0.05, 0) is 24.1 Å². The fraction of sp³-hybridized carbons (Fsp3) is 0.533. The molecule has 0 unspecified atom stereocenters. The van der Waals surface area contributed by atoms with Crippen LogP contribution in [0.4, 0.5) is 0 Å². The topological polar surface area (TPSA) is 54.5 Å². The van der Waals surface area contributed by atoms with Crippen LogP contribution in [0.3, 0.4) is 0 Å². The normalized spacial score (nSPS) is 20.7. The summed E-state index contributed by atoms with van der Waals surface area (Å²) in [5, 5.41) is 0.643. The molecule has 116 valence electrons. The molecule has 1 amide bonds. The fourth-order valence-electron chi connectivity index (χ4n) is 2.53. The molecule has 1 heterocycles. The Bertz CT molecular complexity index is 610. The predicted octanol–water partition coefficient (Wildman–Crippen LogP) is 2.51. The second-order valence-electron chi connectivity index (χ2n) is 5.80. The molecular formula is C15H20ClNO3S. The summed E-state index contributed by atoms with van der Waals surface area (Å²) < 4.78 is 23.4. The van der Waals surface area contributed by atoms with Gasteiger partial charge in [0.05, 0.1) is 11.5 Å². The zero-order valence-electron chi connectivity index (χ0n) is 12.3. The van der Waals surface area contributed by atoms with E-state index in [0.29, 0.717) is 18.0 Å². The van der Waals surface area contributed by atoms with Crippen molar-refractivity contribution < 1.29 is 13.2 Å². The van der Waals surface area contributed by atoms with Crippen LogP contribution in [0.1, 0.15) is 25.8 Å². The molecule has 1 saturated heterocycles. The zero-order valence-corrected chi connectivity index (χ0v) is 13.8. The van der Waals surface area contributed by atoms with Crippen molar-refractivity contribution in [1.82, 2.24) is 4.90 Å². The van der Waals surface area contributed by atoms with E-state index in [-0.39, 0.29) is 29.4 Å². The maximum absolute atomic E-state index is 12.4. The monoisotopic (exact) mass is 329 g/mol. The maximum Gasteiger partial charge on any atom is 0.225 e. The van der Waals surface area contributed by atoms with Gasteiger partial charge in [0.15, 0.2) is 9.84 Å². The number of benzene rings is 1. The molecule has 1 fully saturated rings. The van der Waals surface area contributed by atoms with Crippen LogP contribution in [-0.4, -0.2) is 36.8 Å². The lowest BCUT2D eigenvalue weighted by molar-refractivity contribution is -0.137. The van der Waals surface area contributed by atoms with Crippen molar-refractivity contribution in [3.63, 3.8) is 0 Å². The molecule has 1 aliphatic heterocycles. The third-order valence-electron chi connectivity index (χ3n) is 3.69. The lowest BCUT2D eigenvalue weighted by atomic mass is 10.1. The van der Waals surface area contributed by atoms with Crippen molar-refractivity contribution in [1.29, 1.82) is 0 Å². The maximum atomic E-state index is 12.4. The number of carbonyl (C=O) groups excluding carboxylic acids is 1. The van der Waals surface area contributed by atoms with Crippen molar-refractivity contribution in [2.45, 2.75) is 32.9 Å². The Balaban J connectivity index is 2.20. The first-order valence-electron chi connectivity index (χ1n) is 7.04. The van der Waals surface area contributed by atoms with Gasteiger partial charge in [-0.1, -0.05) is 37.6 Å². The van der Waals surface area contributed by atoms with E-state index >= 15 is 0 Å². The summed E-state index contributed by atoms with van der Waals surface area (Å²) in [5.74, 6) is 0.0757. The summed E-state index contributed by atoms with van der Waals surface area (Å²) in [6.45, 7) is 4.09. The molecule has 0 bridgehead atoms. The third kappa shape index (κ3) is 4.20. The van der Waals surface area contributed by atoms with Gasteiger partial charge in [0.25, 0.3) is 0 Å². The molecule has 2 rings (SSSR count). The first kappa shape index (κ1) is 16.3. The molecule has 1 aromatic rings. The van der Waals surface area contributed by atoms with E-state index in [1.54, 1.807) is 17.0 Å². The number of sulfone groups is 1. The van der Waals surface area contributed by atoms with Crippen LogP contribution >= 0.6 is 11.6 Å². The van der Waals surface area contributed by atoms with Crippen molar-refractivity contribution in [3.05, 3.63) is 34.9 Å². The average molecular weight is 330 g/mol. The largest absolute Gasteiger partial charge is 0.334 e. The van der Waals surface area contributed by atoms with Gasteiger partial charge < -0.3 is 4.90 Å². The Morgan fingerprint density at radius 2 is 1.95 bits per heavy atom. The van der Waals surface area contributed by atoms with Crippen LogP contribution in [0.2, 0.25) is 5.02 Å². The molecule has 4 nitrogen and oxygen atoms in total. The van der Waals surface area contributed by atoms with Crippen LogP contribution in [0.5, 0.6) is 0 Å². The summed E-state index contributed by atoms with van der Waals surface area (Å²) in [5.41, 5.74) is 0.956. The highest BCUT2D eigenvalue weighted by molar-refractivity contribution is 7.91. The van der Waals surface area contributed by atoms with Gasteiger partial charge in [0.1, 0.15) is 0 Å². The van der Waals surface area contributed by atoms with Crippen LogP contribution < -0.4 is 0 Å². The van der Waals surface area contributed by atoms with Crippen LogP contribution in [0.25, 0.3) is 0 Å². The van der Waals surface area contributed by atoms with E-state index in [1.807, 2.05) is 26.0 Å². The van der Waals surface area contributed by atoms with E-state index in [4.69, 9.17) is 11.6 Å². The lowest BCUT2D eigenvalue weighted by Gasteiger charge is -2.30. The first-order chi connectivity index (χ1) is 9.78. The molecular weight excluding hydrogens is 310 g/mol. The van der Waals surface area contributed by atoms with Crippen LogP contribution in [0, 0.1) is 5.92 Å². The summed E-state index contributed by atoms with van der Waals surface area (Å²) in [4.78, 5) is 14.1. The van der Waals surface area contributed by atoms with Gasteiger partial charge in [0.2, 0.25) is 5.91 Å². The molecule has 0 N–H and O–H groups in total. The van der Waals surface area contributed by atoms with Gasteiger partial charge in [-0.3, -0.25) is 4.79 Å². The van der Waals surface area contributed by atoms with Gasteiger partial charge in [-0.25, -0.2) is 8.42 Å². The minimum absolute atomic E-state index is 0.00736. The van der Waals surface area contributed by atoms with Gasteiger partial charge in [0, 0.05) is 23.5 Å². The lowest BCUT2D eigenvalue weighted by Crippen LogP contribution is -2.42. The Hall–Kier alpha value is -1.07. The molecule has 0 aromatic heterocycles. The quantitative estimate of drug-likeness (QED) is 0.853. The van der Waals surface area contributed by atoms with E-state index < -0.39 is 9.84 Å². The number of nitrogens with zero attached hydrogens (tertiary/aromatic N) is 1. The van der Waals surface area contributed by atoms with Crippen LogP contribution in [-0.2, 0) is 21.2 Å².